The molecule has 96 valence electrons. The summed E-state index contributed by atoms with van der Waals surface area (Å²) >= 11 is 0. The van der Waals surface area contributed by atoms with Crippen molar-refractivity contribution in [2.24, 2.45) is 13.0 Å². The molecule has 0 spiro atoms. The van der Waals surface area contributed by atoms with Crippen LogP contribution in [0.1, 0.15) is 30.1 Å². The molecule has 1 saturated carbocycles. The standard InChI is InChI=1S/C14H19N3O/c1-16-9-11(8-15-16)4-6-17-7-5-13(10-17)14(18)12-2-3-12/h5,7-10,12,14,18H,2-4,6H2,1H3. The summed E-state index contributed by atoms with van der Waals surface area (Å²) in [5.41, 5.74) is 2.30. The van der Waals surface area contributed by atoms with Crippen molar-refractivity contribution in [3.05, 3.63) is 42.0 Å². The summed E-state index contributed by atoms with van der Waals surface area (Å²) in [6.45, 7) is 0.934. The lowest BCUT2D eigenvalue weighted by Gasteiger charge is -2.06. The first-order valence-corrected chi connectivity index (χ1v) is 6.53. The zero-order valence-electron chi connectivity index (χ0n) is 10.7. The van der Waals surface area contributed by atoms with E-state index in [-0.39, 0.29) is 6.10 Å². The minimum atomic E-state index is -0.260. The topological polar surface area (TPSA) is 43.0 Å². The van der Waals surface area contributed by atoms with Gasteiger partial charge in [-0.1, -0.05) is 0 Å². The third-order valence-corrected chi connectivity index (χ3v) is 3.60. The number of aliphatic hydroxyl groups is 1. The molecule has 1 fully saturated rings. The summed E-state index contributed by atoms with van der Waals surface area (Å²) in [4.78, 5) is 0. The summed E-state index contributed by atoms with van der Waals surface area (Å²) in [5, 5.41) is 14.2. The molecular formula is C14H19N3O. The van der Waals surface area contributed by atoms with Crippen LogP contribution in [0.25, 0.3) is 0 Å². The van der Waals surface area contributed by atoms with E-state index in [9.17, 15) is 5.11 Å². The van der Waals surface area contributed by atoms with Crippen molar-refractivity contribution in [2.45, 2.75) is 31.9 Å². The second-order valence-corrected chi connectivity index (χ2v) is 5.24. The fraction of sp³-hybridized carbons (Fsp3) is 0.500. The van der Waals surface area contributed by atoms with Crippen LogP contribution in [0.15, 0.2) is 30.9 Å². The summed E-state index contributed by atoms with van der Waals surface area (Å²) in [5.74, 6) is 0.499. The molecule has 0 aromatic carbocycles. The van der Waals surface area contributed by atoms with Gasteiger partial charge >= 0.3 is 0 Å². The van der Waals surface area contributed by atoms with Crippen molar-refractivity contribution in [3.63, 3.8) is 0 Å². The van der Waals surface area contributed by atoms with Gasteiger partial charge in [-0.3, -0.25) is 4.68 Å². The van der Waals surface area contributed by atoms with E-state index in [0.29, 0.717) is 5.92 Å². The lowest BCUT2D eigenvalue weighted by molar-refractivity contribution is 0.154. The van der Waals surface area contributed by atoms with Gasteiger partial charge in [0, 0.05) is 32.2 Å². The molecule has 1 unspecified atom stereocenters. The zero-order valence-corrected chi connectivity index (χ0v) is 10.7. The monoisotopic (exact) mass is 245 g/mol. The molecule has 2 aromatic heterocycles. The van der Waals surface area contributed by atoms with Gasteiger partial charge in [0.1, 0.15) is 0 Å². The smallest absolute Gasteiger partial charge is 0.0832 e. The van der Waals surface area contributed by atoms with Crippen molar-refractivity contribution in [1.29, 1.82) is 0 Å². The van der Waals surface area contributed by atoms with Gasteiger partial charge in [-0.25, -0.2) is 0 Å². The summed E-state index contributed by atoms with van der Waals surface area (Å²) in [6.07, 6.45) is 11.1. The Bertz CT molecular complexity index is 525. The Morgan fingerprint density at radius 2 is 2.28 bits per heavy atom. The number of hydrogen-bond acceptors (Lipinski definition) is 2. The lowest BCUT2D eigenvalue weighted by atomic mass is 10.1. The van der Waals surface area contributed by atoms with Crippen molar-refractivity contribution >= 4 is 0 Å². The predicted octanol–water partition coefficient (Wildman–Crippen LogP) is 1.91. The molecule has 4 heteroatoms. The molecule has 2 heterocycles. The van der Waals surface area contributed by atoms with Crippen molar-refractivity contribution in [3.8, 4) is 0 Å². The molecule has 0 saturated heterocycles. The Balaban J connectivity index is 1.59. The highest BCUT2D eigenvalue weighted by Crippen LogP contribution is 2.40. The van der Waals surface area contributed by atoms with Crippen molar-refractivity contribution in [2.75, 3.05) is 0 Å². The first-order valence-electron chi connectivity index (χ1n) is 6.53. The largest absolute Gasteiger partial charge is 0.388 e. The molecule has 1 atom stereocenters. The normalized spacial score (nSPS) is 17.0. The molecule has 2 aromatic rings. The Morgan fingerprint density at radius 1 is 1.44 bits per heavy atom. The predicted molar refractivity (Wildman–Crippen MR) is 69.0 cm³/mol. The van der Waals surface area contributed by atoms with Crippen LogP contribution in [0.2, 0.25) is 0 Å². The highest BCUT2D eigenvalue weighted by Gasteiger charge is 2.31. The second-order valence-electron chi connectivity index (χ2n) is 5.24. The number of aliphatic hydroxyl groups excluding tert-OH is 1. The van der Waals surface area contributed by atoms with Crippen LogP contribution >= 0.6 is 0 Å². The quantitative estimate of drug-likeness (QED) is 0.874. The zero-order chi connectivity index (χ0) is 12.5. The van der Waals surface area contributed by atoms with Gasteiger partial charge in [0.2, 0.25) is 0 Å². The molecule has 1 aliphatic carbocycles. The summed E-state index contributed by atoms with van der Waals surface area (Å²) < 4.78 is 3.97. The molecule has 0 aliphatic heterocycles. The van der Waals surface area contributed by atoms with E-state index in [4.69, 9.17) is 0 Å². The van der Waals surface area contributed by atoms with Crippen LogP contribution in [-0.4, -0.2) is 19.5 Å². The molecule has 4 nitrogen and oxygen atoms in total. The summed E-state index contributed by atoms with van der Waals surface area (Å²) in [7, 11) is 1.93. The van der Waals surface area contributed by atoms with Gasteiger partial charge < -0.3 is 9.67 Å². The molecular weight excluding hydrogens is 226 g/mol. The Morgan fingerprint density at radius 3 is 2.94 bits per heavy atom. The second kappa shape index (κ2) is 4.61. The van der Waals surface area contributed by atoms with E-state index in [2.05, 4.69) is 22.1 Å². The first kappa shape index (κ1) is 11.5. The first-order chi connectivity index (χ1) is 8.72. The molecule has 0 radical (unpaired) electrons. The van der Waals surface area contributed by atoms with E-state index >= 15 is 0 Å². The van der Waals surface area contributed by atoms with E-state index in [0.717, 1.165) is 18.5 Å². The molecule has 0 amide bonds. The molecule has 1 aliphatic rings. The average Bonchev–Trinajstić information content (AvgIpc) is 2.96. The van der Waals surface area contributed by atoms with E-state index in [1.807, 2.05) is 30.2 Å². The van der Waals surface area contributed by atoms with Gasteiger partial charge in [0.15, 0.2) is 0 Å². The Hall–Kier alpha value is -1.55. The van der Waals surface area contributed by atoms with Gasteiger partial charge in [-0.05, 0) is 42.4 Å². The molecule has 1 N–H and O–H groups in total. The van der Waals surface area contributed by atoms with Crippen LogP contribution in [0.4, 0.5) is 0 Å². The van der Waals surface area contributed by atoms with Gasteiger partial charge in [0.05, 0.1) is 12.3 Å². The van der Waals surface area contributed by atoms with Gasteiger partial charge in [-0.2, -0.15) is 5.10 Å². The van der Waals surface area contributed by atoms with Gasteiger partial charge in [-0.15, -0.1) is 0 Å². The third kappa shape index (κ3) is 2.48. The highest BCUT2D eigenvalue weighted by molar-refractivity contribution is 5.16. The number of aryl methyl sites for hydroxylation is 3. The number of nitrogens with zero attached hydrogens (tertiary/aromatic N) is 3. The van der Waals surface area contributed by atoms with E-state index in [1.165, 1.54) is 18.4 Å². The summed E-state index contributed by atoms with van der Waals surface area (Å²) in [6, 6.07) is 2.03. The highest BCUT2D eigenvalue weighted by atomic mass is 16.3. The fourth-order valence-electron chi connectivity index (χ4n) is 2.32. The third-order valence-electron chi connectivity index (χ3n) is 3.60. The SMILES string of the molecule is Cn1cc(CCn2ccc(C(O)C3CC3)c2)cn1. The minimum absolute atomic E-state index is 0.260. The number of hydrogen-bond donors (Lipinski definition) is 1. The van der Waals surface area contributed by atoms with Crippen LogP contribution in [0, 0.1) is 5.92 Å². The molecule has 0 bridgehead atoms. The average molecular weight is 245 g/mol. The maximum atomic E-state index is 10.0. The lowest BCUT2D eigenvalue weighted by Crippen LogP contribution is -2.00. The van der Waals surface area contributed by atoms with Crippen LogP contribution in [0.5, 0.6) is 0 Å². The molecule has 3 rings (SSSR count). The Labute approximate surface area is 107 Å². The maximum Gasteiger partial charge on any atom is 0.0832 e. The number of rotatable bonds is 5. The van der Waals surface area contributed by atoms with Crippen LogP contribution in [0.3, 0.4) is 0 Å². The maximum absolute atomic E-state index is 10.0. The van der Waals surface area contributed by atoms with Gasteiger partial charge in [0.25, 0.3) is 0 Å². The minimum Gasteiger partial charge on any atom is -0.388 e. The van der Waals surface area contributed by atoms with Crippen molar-refractivity contribution < 1.29 is 5.11 Å². The van der Waals surface area contributed by atoms with Crippen LogP contribution in [-0.2, 0) is 20.0 Å². The number of aromatic nitrogens is 3. The van der Waals surface area contributed by atoms with Crippen LogP contribution < -0.4 is 0 Å². The van der Waals surface area contributed by atoms with Crippen molar-refractivity contribution in [1.82, 2.24) is 14.3 Å². The van der Waals surface area contributed by atoms with E-state index in [1.54, 1.807) is 0 Å². The fourth-order valence-corrected chi connectivity index (χ4v) is 2.32. The Kier molecular flexibility index (Phi) is 2.96. The van der Waals surface area contributed by atoms with E-state index < -0.39 is 0 Å². The molecule has 18 heavy (non-hydrogen) atoms.